The Bertz CT molecular complexity index is 1060. The van der Waals surface area contributed by atoms with Gasteiger partial charge in [-0.1, -0.05) is 48.3 Å². The summed E-state index contributed by atoms with van der Waals surface area (Å²) in [4.78, 5) is 9.12. The maximum Gasteiger partial charge on any atom is 0.118 e. The molecule has 0 radical (unpaired) electrons. The van der Waals surface area contributed by atoms with Gasteiger partial charge in [0, 0.05) is 19.0 Å². The molecule has 4 nitrogen and oxygen atoms in total. The average Bonchev–Trinajstić information content (AvgIpc) is 3.31. The summed E-state index contributed by atoms with van der Waals surface area (Å²) < 4.78 is 0. The molecule has 2 aromatic heterocycles. The number of anilines is 2. The minimum Gasteiger partial charge on any atom is -0.380 e. The quantitative estimate of drug-likeness (QED) is 0.493. The van der Waals surface area contributed by atoms with Crippen molar-refractivity contribution in [3.8, 4) is 0 Å². The molecule has 3 aromatic rings. The number of hydrogen-bond donors (Lipinski definition) is 2. The van der Waals surface area contributed by atoms with Crippen LogP contribution in [0.5, 0.6) is 0 Å². The first-order valence-corrected chi connectivity index (χ1v) is 13.6. The molecule has 0 aliphatic carbocycles. The lowest BCUT2D eigenvalue weighted by molar-refractivity contribution is 0.669. The highest BCUT2D eigenvalue weighted by molar-refractivity contribution is 8.16. The summed E-state index contributed by atoms with van der Waals surface area (Å²) >= 11 is 7.92. The lowest BCUT2D eigenvalue weighted by Crippen LogP contribution is -2.07. The first kappa shape index (κ1) is 19.6. The molecule has 1 aliphatic heterocycles. The number of nitrogens with one attached hydrogen (secondary N) is 2. The zero-order valence-corrected chi connectivity index (χ0v) is 18.7. The van der Waals surface area contributed by atoms with Crippen LogP contribution < -0.4 is 10.6 Å². The summed E-state index contributed by atoms with van der Waals surface area (Å²) in [6.07, 6.45) is 9.61. The third kappa shape index (κ3) is 4.29. The highest BCUT2D eigenvalue weighted by Crippen LogP contribution is 2.61. The summed E-state index contributed by atoms with van der Waals surface area (Å²) in [5.74, 6) is 0.723. The van der Waals surface area contributed by atoms with Gasteiger partial charge in [0.05, 0.1) is 23.6 Å². The van der Waals surface area contributed by atoms with Crippen molar-refractivity contribution < 1.29 is 0 Å². The molecule has 1 saturated heterocycles. The zero-order valence-electron chi connectivity index (χ0n) is 16.2. The first-order chi connectivity index (χ1) is 13.6. The van der Waals surface area contributed by atoms with Crippen molar-refractivity contribution in [1.82, 2.24) is 9.97 Å². The van der Waals surface area contributed by atoms with E-state index in [4.69, 9.17) is 11.8 Å². The van der Waals surface area contributed by atoms with Crippen LogP contribution in [0, 0.1) is 5.92 Å². The minimum atomic E-state index is -1.53. The van der Waals surface area contributed by atoms with Crippen molar-refractivity contribution in [2.75, 3.05) is 36.5 Å². The van der Waals surface area contributed by atoms with Crippen LogP contribution in [0.3, 0.4) is 0 Å². The van der Waals surface area contributed by atoms with Crippen molar-refractivity contribution in [2.24, 2.45) is 5.92 Å². The number of nitrogens with zero attached hydrogens (tertiary/aromatic N) is 2. The van der Waals surface area contributed by atoms with Gasteiger partial charge in [0.1, 0.15) is 10.0 Å². The van der Waals surface area contributed by atoms with Crippen molar-refractivity contribution >= 4 is 56.8 Å². The van der Waals surface area contributed by atoms with Gasteiger partial charge in [-0.25, -0.2) is 4.98 Å². The Hall–Kier alpha value is -1.75. The molecule has 0 amide bonds. The minimum absolute atomic E-state index is 0.723. The van der Waals surface area contributed by atoms with Crippen LogP contribution in [-0.2, 0) is 11.8 Å². The summed E-state index contributed by atoms with van der Waals surface area (Å²) in [6.45, 7) is 3.09. The van der Waals surface area contributed by atoms with Gasteiger partial charge in [-0.3, -0.25) is 4.98 Å². The number of benzene rings is 1. The van der Waals surface area contributed by atoms with Crippen molar-refractivity contribution in [3.05, 3.63) is 53.0 Å². The summed E-state index contributed by atoms with van der Waals surface area (Å²) in [6, 6.07) is 8.83. The number of pyridine rings is 1. The highest BCUT2D eigenvalue weighted by Gasteiger charge is 2.31. The zero-order chi connectivity index (χ0) is 19.6. The van der Waals surface area contributed by atoms with Gasteiger partial charge in [0.25, 0.3) is 0 Å². The van der Waals surface area contributed by atoms with Crippen LogP contribution >= 0.6 is 17.4 Å². The maximum atomic E-state index is 6.24. The third-order valence-electron chi connectivity index (χ3n) is 5.24. The van der Waals surface area contributed by atoms with E-state index in [1.165, 1.54) is 11.7 Å². The van der Waals surface area contributed by atoms with Gasteiger partial charge in [-0.05, 0) is 54.2 Å². The average molecular weight is 429 g/mol. The number of rotatable bonds is 6. The molecule has 1 fully saturated rings. The Kier molecular flexibility index (Phi) is 5.81. The topological polar surface area (TPSA) is 49.8 Å². The van der Waals surface area contributed by atoms with Gasteiger partial charge in [-0.15, -0.1) is 0 Å². The molecule has 0 saturated carbocycles. The normalized spacial score (nSPS) is 22.5. The van der Waals surface area contributed by atoms with Crippen LogP contribution in [0.15, 0.2) is 48.0 Å². The second-order valence-electron chi connectivity index (χ2n) is 7.41. The third-order valence-corrected chi connectivity index (χ3v) is 11.4. The van der Waals surface area contributed by atoms with E-state index in [0.717, 1.165) is 51.4 Å². The van der Waals surface area contributed by atoms with Gasteiger partial charge in [0.2, 0.25) is 0 Å². The van der Waals surface area contributed by atoms with Crippen molar-refractivity contribution in [2.45, 2.75) is 13.3 Å². The molecule has 3 heterocycles. The van der Waals surface area contributed by atoms with Gasteiger partial charge < -0.3 is 10.6 Å². The van der Waals surface area contributed by atoms with Crippen LogP contribution in [0.4, 0.5) is 10.7 Å². The second-order valence-corrected chi connectivity index (χ2v) is 13.7. The van der Waals surface area contributed by atoms with E-state index in [2.05, 4.69) is 45.7 Å². The van der Waals surface area contributed by atoms with Crippen LogP contribution in [0.2, 0.25) is 0 Å². The van der Waals surface area contributed by atoms with Gasteiger partial charge in [0.15, 0.2) is 0 Å². The highest BCUT2D eigenvalue weighted by atomic mass is 32.4. The fourth-order valence-corrected chi connectivity index (χ4v) is 9.40. The largest absolute Gasteiger partial charge is 0.380 e. The Labute approximate surface area is 175 Å². The van der Waals surface area contributed by atoms with Gasteiger partial charge in [-0.2, -0.15) is 0 Å². The van der Waals surface area contributed by atoms with E-state index in [9.17, 15) is 0 Å². The predicted molar refractivity (Wildman–Crippen MR) is 128 cm³/mol. The molecule has 1 aliphatic rings. The summed E-state index contributed by atoms with van der Waals surface area (Å²) in [5.41, 5.74) is 2.05. The standard InChI is InChI=1S/C21H25N4PS2/c1-15-7-8-26(27,14-15)18(10-20-25-13-21(22-2)28-20)12-23-17-9-16-5-3-4-6-19(16)24-11-17/h3-6,9-11,13,15,22-23H,7-8,12,14H2,1-2H3/b18-10-/t15-,26?/m0/s1. The van der Waals surface area contributed by atoms with E-state index in [0.29, 0.717) is 0 Å². The van der Waals surface area contributed by atoms with E-state index < -0.39 is 6.04 Å². The van der Waals surface area contributed by atoms with E-state index in [1.54, 1.807) is 11.3 Å². The summed E-state index contributed by atoms with van der Waals surface area (Å²) in [7, 11) is 1.93. The molecule has 0 spiro atoms. The van der Waals surface area contributed by atoms with Crippen molar-refractivity contribution in [3.63, 3.8) is 0 Å². The number of fused-ring (bicyclic) bond motifs is 1. The molecule has 28 heavy (non-hydrogen) atoms. The molecule has 1 unspecified atom stereocenters. The molecule has 2 N–H and O–H groups in total. The smallest absolute Gasteiger partial charge is 0.118 e. The molecule has 7 heteroatoms. The lowest BCUT2D eigenvalue weighted by atomic mass is 10.2. The number of thiazole rings is 1. The molecule has 0 bridgehead atoms. The molecule has 4 rings (SSSR count). The van der Waals surface area contributed by atoms with Crippen LogP contribution in [-0.4, -0.2) is 35.9 Å². The second kappa shape index (κ2) is 8.32. The Morgan fingerprint density at radius 1 is 1.32 bits per heavy atom. The Morgan fingerprint density at radius 2 is 2.18 bits per heavy atom. The van der Waals surface area contributed by atoms with E-state index in [1.807, 2.05) is 37.6 Å². The molecular weight excluding hydrogens is 403 g/mol. The molecule has 1 aromatic carbocycles. The summed E-state index contributed by atoms with van der Waals surface area (Å²) in [5, 5.41) is 11.4. The fourth-order valence-electron chi connectivity index (χ4n) is 3.66. The number of hydrogen-bond acceptors (Lipinski definition) is 6. The SMILES string of the molecule is CNc1cnc(/C=C(/CNc2cnc3ccccc3c2)P2(=S)CC[C@H](C)C2)s1. The van der Waals surface area contributed by atoms with Gasteiger partial charge >= 0.3 is 0 Å². The number of aromatic nitrogens is 2. The lowest BCUT2D eigenvalue weighted by Gasteiger charge is -2.21. The predicted octanol–water partition coefficient (Wildman–Crippen LogP) is 5.71. The van der Waals surface area contributed by atoms with Crippen molar-refractivity contribution in [1.29, 1.82) is 0 Å². The number of para-hydroxylation sites is 1. The molecule has 146 valence electrons. The Morgan fingerprint density at radius 3 is 2.93 bits per heavy atom. The fraction of sp³-hybridized carbons (Fsp3) is 0.333. The van der Waals surface area contributed by atoms with E-state index >= 15 is 0 Å². The molecule has 2 atom stereocenters. The van der Waals surface area contributed by atoms with Crippen LogP contribution in [0.1, 0.15) is 18.4 Å². The van der Waals surface area contributed by atoms with Crippen LogP contribution in [0.25, 0.3) is 17.0 Å². The molecular formula is C21H25N4PS2. The maximum absolute atomic E-state index is 6.24. The Balaban J connectivity index is 1.60. The monoisotopic (exact) mass is 428 g/mol. The van der Waals surface area contributed by atoms with E-state index in [-0.39, 0.29) is 0 Å². The first-order valence-electron chi connectivity index (χ1n) is 9.57.